The van der Waals surface area contributed by atoms with Crippen LogP contribution in [0, 0.1) is 0 Å². The normalized spacial score (nSPS) is 11.2. The van der Waals surface area contributed by atoms with E-state index in [9.17, 15) is 0 Å². The Morgan fingerprint density at radius 1 is 1.42 bits per heavy atom. The number of hydrogen-bond acceptors (Lipinski definition) is 1. The van der Waals surface area contributed by atoms with Gasteiger partial charge in [-0.3, -0.25) is 5.10 Å². The third kappa shape index (κ3) is 0.998. The Labute approximate surface area is 73.1 Å². The predicted molar refractivity (Wildman–Crippen MR) is 52.3 cm³/mol. The van der Waals surface area contributed by atoms with Crippen molar-refractivity contribution in [1.82, 2.24) is 10.2 Å². The van der Waals surface area contributed by atoms with Crippen molar-refractivity contribution in [3.05, 3.63) is 30.0 Å². The molecule has 1 heterocycles. The highest BCUT2D eigenvalue weighted by atomic mass is 15.1. The summed E-state index contributed by atoms with van der Waals surface area (Å²) in [5, 5.41) is 8.23. The lowest BCUT2D eigenvalue weighted by Gasteiger charge is -2.05. The van der Waals surface area contributed by atoms with Gasteiger partial charge in [0.15, 0.2) is 0 Å². The van der Waals surface area contributed by atoms with Crippen LogP contribution in [0.5, 0.6) is 0 Å². The number of nitrogens with zero attached hydrogens (tertiary/aromatic N) is 1. The van der Waals surface area contributed by atoms with Crippen molar-refractivity contribution in [2.24, 2.45) is 0 Å². The van der Waals surface area contributed by atoms with Gasteiger partial charge in [0, 0.05) is 6.81 Å². The van der Waals surface area contributed by atoms with Gasteiger partial charge in [-0.1, -0.05) is 26.0 Å². The summed E-state index contributed by atoms with van der Waals surface area (Å²) >= 11 is 0. The van der Waals surface area contributed by atoms with Crippen LogP contribution in [-0.2, 0) is 0 Å². The van der Waals surface area contributed by atoms with Gasteiger partial charge < -0.3 is 0 Å². The highest BCUT2D eigenvalue weighted by Crippen LogP contribution is 2.23. The van der Waals surface area contributed by atoms with E-state index in [0.717, 1.165) is 5.52 Å². The van der Waals surface area contributed by atoms with Crippen LogP contribution in [0.25, 0.3) is 10.9 Å². The van der Waals surface area contributed by atoms with Gasteiger partial charge in [-0.2, -0.15) is 5.10 Å². The predicted octanol–water partition coefficient (Wildman–Crippen LogP) is 2.93. The van der Waals surface area contributed by atoms with E-state index in [1.54, 1.807) is 0 Å². The van der Waals surface area contributed by atoms with Gasteiger partial charge in [0.1, 0.15) is 0 Å². The molecule has 0 amide bonds. The molecule has 1 aromatic carbocycles. The summed E-state index contributed by atoms with van der Waals surface area (Å²) in [5.74, 6) is 0.561. The molecule has 0 fully saturated rings. The van der Waals surface area contributed by atoms with Crippen molar-refractivity contribution in [3.63, 3.8) is 0 Å². The van der Waals surface area contributed by atoms with Crippen LogP contribution in [0.15, 0.2) is 24.4 Å². The lowest BCUT2D eigenvalue weighted by atomic mass is 10.00. The van der Waals surface area contributed by atoms with Crippen molar-refractivity contribution in [2.75, 3.05) is 0 Å². The molecule has 0 spiro atoms. The van der Waals surface area contributed by atoms with E-state index in [2.05, 4.69) is 36.2 Å². The summed E-state index contributed by atoms with van der Waals surface area (Å²) in [6, 6.07) is 6.27. The Morgan fingerprint density at radius 3 is 3.00 bits per heavy atom. The molecule has 0 saturated carbocycles. The number of H-pyrrole nitrogens is 1. The Balaban J connectivity index is 0.000000845. The Morgan fingerprint density at radius 2 is 2.25 bits per heavy atom. The molecule has 0 saturated heterocycles. The van der Waals surface area contributed by atoms with E-state index in [4.69, 9.17) is 0 Å². The van der Waals surface area contributed by atoms with Gasteiger partial charge in [0.2, 0.25) is 0 Å². The molecule has 0 radical (unpaired) electrons. The van der Waals surface area contributed by atoms with Crippen molar-refractivity contribution in [1.29, 1.82) is 0 Å². The number of benzene rings is 1. The minimum atomic E-state index is 0. The Hall–Kier alpha value is -1.31. The lowest BCUT2D eigenvalue weighted by molar-refractivity contribution is 0.876. The second-order valence-corrected chi connectivity index (χ2v) is 3.33. The minimum absolute atomic E-state index is 0. The largest absolute Gasteiger partial charge is 0.278 e. The number of rotatable bonds is 1. The number of nitrogens with one attached hydrogen (secondary N) is 1. The maximum atomic E-state index is 4.02. The van der Waals surface area contributed by atoms with Crippen LogP contribution in [0.4, 0.5) is 0 Å². The maximum Gasteiger partial charge on any atom is 0.0653 e. The Kier molecular flexibility index (Phi) is 1.61. The molecule has 0 aliphatic carbocycles. The van der Waals surface area contributed by atoms with Gasteiger partial charge in [0.05, 0.1) is 11.7 Å². The average Bonchev–Trinajstić information content (AvgIpc) is 2.49. The molecule has 0 atom stereocenters. The van der Waals surface area contributed by atoms with E-state index in [-0.39, 0.29) is 1.43 Å². The van der Waals surface area contributed by atoms with Crippen LogP contribution in [0.2, 0.25) is 0 Å². The fraction of sp³-hybridized carbons (Fsp3) is 0.300. The van der Waals surface area contributed by atoms with Crippen molar-refractivity contribution in [3.8, 4) is 0 Å². The molecule has 0 bridgehead atoms. The standard InChI is InChI=1S/C10H12N2.H2/c1-7(2)8-4-3-5-10-9(8)6-11-12-10;/h3-7H,1-2H3,(H,11,12);1H. The average molecular weight is 162 g/mol. The highest BCUT2D eigenvalue weighted by Gasteiger charge is 2.04. The van der Waals surface area contributed by atoms with E-state index in [1.165, 1.54) is 10.9 Å². The first-order valence-electron chi connectivity index (χ1n) is 4.21. The molecule has 12 heavy (non-hydrogen) atoms. The smallest absolute Gasteiger partial charge is 0.0653 e. The van der Waals surface area contributed by atoms with Crippen molar-refractivity contribution in [2.45, 2.75) is 19.8 Å². The zero-order valence-corrected chi connectivity index (χ0v) is 7.33. The zero-order chi connectivity index (χ0) is 8.55. The second-order valence-electron chi connectivity index (χ2n) is 3.33. The van der Waals surface area contributed by atoms with Crippen LogP contribution in [0.3, 0.4) is 0 Å². The number of aromatic nitrogens is 2. The van der Waals surface area contributed by atoms with E-state index < -0.39 is 0 Å². The summed E-state index contributed by atoms with van der Waals surface area (Å²) in [5.41, 5.74) is 2.49. The summed E-state index contributed by atoms with van der Waals surface area (Å²) in [6.45, 7) is 4.39. The van der Waals surface area contributed by atoms with E-state index >= 15 is 0 Å². The monoisotopic (exact) mass is 162 g/mol. The van der Waals surface area contributed by atoms with Gasteiger partial charge >= 0.3 is 0 Å². The highest BCUT2D eigenvalue weighted by molar-refractivity contribution is 5.81. The first-order valence-corrected chi connectivity index (χ1v) is 4.21. The molecule has 2 heteroatoms. The molecule has 64 valence electrons. The molecule has 2 aromatic rings. The molecular formula is C10H14N2. The molecule has 0 aliphatic rings. The first kappa shape index (κ1) is 7.35. The molecule has 0 aliphatic heterocycles. The molecule has 1 aromatic heterocycles. The van der Waals surface area contributed by atoms with Crippen LogP contribution >= 0.6 is 0 Å². The summed E-state index contributed by atoms with van der Waals surface area (Å²) in [4.78, 5) is 0. The first-order chi connectivity index (χ1) is 5.79. The second kappa shape index (κ2) is 2.63. The van der Waals surface area contributed by atoms with Crippen LogP contribution in [-0.4, -0.2) is 10.2 Å². The van der Waals surface area contributed by atoms with Crippen LogP contribution < -0.4 is 0 Å². The van der Waals surface area contributed by atoms with Gasteiger partial charge in [-0.15, -0.1) is 0 Å². The van der Waals surface area contributed by atoms with Crippen molar-refractivity contribution < 1.29 is 1.43 Å². The summed E-state index contributed by atoms with van der Waals surface area (Å²) < 4.78 is 0. The van der Waals surface area contributed by atoms with Gasteiger partial charge in [0.25, 0.3) is 0 Å². The Bertz CT molecular complexity index is 392. The van der Waals surface area contributed by atoms with Gasteiger partial charge in [-0.05, 0) is 17.5 Å². The maximum absolute atomic E-state index is 4.02. The third-order valence-corrected chi connectivity index (χ3v) is 2.14. The molecule has 2 rings (SSSR count). The topological polar surface area (TPSA) is 28.7 Å². The quantitative estimate of drug-likeness (QED) is 0.686. The number of aromatic amines is 1. The van der Waals surface area contributed by atoms with Gasteiger partial charge in [-0.25, -0.2) is 0 Å². The number of fused-ring (bicyclic) bond motifs is 1. The van der Waals surface area contributed by atoms with E-state index in [1.807, 2.05) is 12.3 Å². The fourth-order valence-electron chi connectivity index (χ4n) is 1.49. The van der Waals surface area contributed by atoms with Crippen molar-refractivity contribution >= 4 is 10.9 Å². The van der Waals surface area contributed by atoms with E-state index in [0.29, 0.717) is 5.92 Å². The summed E-state index contributed by atoms with van der Waals surface area (Å²) in [7, 11) is 0. The third-order valence-electron chi connectivity index (χ3n) is 2.14. The summed E-state index contributed by atoms with van der Waals surface area (Å²) in [6.07, 6.45) is 1.89. The minimum Gasteiger partial charge on any atom is -0.278 e. The SMILES string of the molecule is CC(C)c1cccc2[nH]ncc12.[HH]. The zero-order valence-electron chi connectivity index (χ0n) is 7.33. The lowest BCUT2D eigenvalue weighted by Crippen LogP contribution is -1.86. The molecule has 1 N–H and O–H groups in total. The molecule has 2 nitrogen and oxygen atoms in total. The molecular weight excluding hydrogens is 148 g/mol. The number of hydrogen-bond donors (Lipinski definition) is 1. The molecule has 0 unspecified atom stereocenters. The van der Waals surface area contributed by atoms with Crippen LogP contribution in [0.1, 0.15) is 26.8 Å². The fourth-order valence-corrected chi connectivity index (χ4v) is 1.49.